The van der Waals surface area contributed by atoms with E-state index in [2.05, 4.69) is 5.32 Å². The van der Waals surface area contributed by atoms with E-state index in [9.17, 15) is 4.79 Å². The molecule has 92 valence electrons. The molecule has 1 aliphatic rings. The highest BCUT2D eigenvalue weighted by atomic mass is 16.5. The van der Waals surface area contributed by atoms with E-state index in [1.54, 1.807) is 0 Å². The van der Waals surface area contributed by atoms with Crippen LogP contribution in [-0.4, -0.2) is 11.5 Å². The second-order valence-corrected chi connectivity index (χ2v) is 5.84. The summed E-state index contributed by atoms with van der Waals surface area (Å²) >= 11 is 0. The van der Waals surface area contributed by atoms with Crippen molar-refractivity contribution in [3.05, 3.63) is 23.8 Å². The number of benzene rings is 1. The minimum Gasteiger partial charge on any atom is -0.423 e. The van der Waals surface area contributed by atoms with Gasteiger partial charge in [-0.2, -0.15) is 0 Å². The monoisotopic (exact) mass is 233 g/mol. The lowest BCUT2D eigenvalue weighted by Crippen LogP contribution is -2.57. The van der Waals surface area contributed by atoms with E-state index in [4.69, 9.17) is 4.74 Å². The van der Waals surface area contributed by atoms with E-state index in [0.717, 1.165) is 11.3 Å². The molecule has 1 N–H and O–H groups in total. The summed E-state index contributed by atoms with van der Waals surface area (Å²) in [5.74, 6) is 0.403. The number of nitrogens with one attached hydrogen (secondary N) is 1. The number of hydrogen-bond donors (Lipinski definition) is 1. The molecule has 0 aromatic heterocycles. The highest BCUT2D eigenvalue weighted by Crippen LogP contribution is 2.42. The van der Waals surface area contributed by atoms with Gasteiger partial charge in [0.1, 0.15) is 5.54 Å². The lowest BCUT2D eigenvalue weighted by Gasteiger charge is -2.44. The minimum absolute atomic E-state index is 0.218. The summed E-state index contributed by atoms with van der Waals surface area (Å²) in [5, 5.41) is 3.36. The normalized spacial score (nSPS) is 23.7. The standard InChI is InChI=1S/C14H19NO2/c1-9-7-6-8-10-11(9)15-14(5,12(16)17-10)13(2,3)4/h6-8,15H,1-5H3. The van der Waals surface area contributed by atoms with Crippen LogP contribution in [0.4, 0.5) is 5.69 Å². The molecule has 0 saturated heterocycles. The van der Waals surface area contributed by atoms with Crippen molar-refractivity contribution in [2.45, 2.75) is 40.2 Å². The molecule has 2 rings (SSSR count). The number of anilines is 1. The van der Waals surface area contributed by atoms with E-state index >= 15 is 0 Å². The number of aryl methyl sites for hydroxylation is 1. The topological polar surface area (TPSA) is 38.3 Å². The molecule has 0 spiro atoms. The molecular weight excluding hydrogens is 214 g/mol. The summed E-state index contributed by atoms with van der Waals surface area (Å²) in [5.41, 5.74) is 1.09. The second-order valence-electron chi connectivity index (χ2n) is 5.84. The lowest BCUT2D eigenvalue weighted by atomic mass is 9.74. The molecule has 3 heteroatoms. The predicted octanol–water partition coefficient (Wildman–Crippen LogP) is 3.13. The van der Waals surface area contributed by atoms with Crippen LogP contribution in [0.3, 0.4) is 0 Å². The summed E-state index contributed by atoms with van der Waals surface area (Å²) in [7, 11) is 0. The molecule has 1 unspecified atom stereocenters. The summed E-state index contributed by atoms with van der Waals surface area (Å²) < 4.78 is 5.45. The predicted molar refractivity (Wildman–Crippen MR) is 68.3 cm³/mol. The average molecular weight is 233 g/mol. The Morgan fingerprint density at radius 2 is 1.94 bits per heavy atom. The third-order valence-corrected chi connectivity index (χ3v) is 3.72. The smallest absolute Gasteiger partial charge is 0.337 e. The second kappa shape index (κ2) is 3.49. The van der Waals surface area contributed by atoms with E-state index in [-0.39, 0.29) is 11.4 Å². The molecule has 1 atom stereocenters. The zero-order valence-corrected chi connectivity index (χ0v) is 11.0. The molecule has 3 nitrogen and oxygen atoms in total. The van der Waals surface area contributed by atoms with Crippen molar-refractivity contribution in [3.8, 4) is 5.75 Å². The molecule has 1 aliphatic heterocycles. The van der Waals surface area contributed by atoms with Gasteiger partial charge in [-0.1, -0.05) is 32.9 Å². The largest absolute Gasteiger partial charge is 0.423 e. The Balaban J connectivity index is 2.52. The van der Waals surface area contributed by atoms with E-state index < -0.39 is 5.54 Å². The number of carbonyl (C=O) groups excluding carboxylic acids is 1. The Kier molecular flexibility index (Phi) is 2.45. The lowest BCUT2D eigenvalue weighted by molar-refractivity contribution is -0.143. The Hall–Kier alpha value is -1.51. The zero-order valence-electron chi connectivity index (χ0n) is 11.0. The van der Waals surface area contributed by atoms with Gasteiger partial charge >= 0.3 is 5.97 Å². The van der Waals surface area contributed by atoms with Crippen LogP contribution in [0.5, 0.6) is 5.75 Å². The summed E-state index contributed by atoms with van der Waals surface area (Å²) in [6.45, 7) is 10.00. The van der Waals surface area contributed by atoms with Gasteiger partial charge in [0, 0.05) is 0 Å². The molecule has 0 saturated carbocycles. The Bertz CT molecular complexity index is 474. The van der Waals surface area contributed by atoms with Gasteiger partial charge in [0.25, 0.3) is 0 Å². The number of ether oxygens (including phenoxy) is 1. The molecule has 17 heavy (non-hydrogen) atoms. The average Bonchev–Trinajstić information content (AvgIpc) is 2.20. The first-order valence-corrected chi connectivity index (χ1v) is 5.86. The van der Waals surface area contributed by atoms with Crippen molar-refractivity contribution >= 4 is 11.7 Å². The first kappa shape index (κ1) is 12.0. The Morgan fingerprint density at radius 3 is 2.53 bits per heavy atom. The van der Waals surface area contributed by atoms with Crippen LogP contribution < -0.4 is 10.1 Å². The number of fused-ring (bicyclic) bond motifs is 1. The maximum atomic E-state index is 12.2. The van der Waals surface area contributed by atoms with Gasteiger partial charge in [-0.3, -0.25) is 0 Å². The molecule has 0 fully saturated rings. The number of esters is 1. The van der Waals surface area contributed by atoms with Crippen LogP contribution in [0.1, 0.15) is 33.3 Å². The van der Waals surface area contributed by atoms with Crippen molar-refractivity contribution in [1.29, 1.82) is 0 Å². The number of rotatable bonds is 0. The first-order valence-electron chi connectivity index (χ1n) is 5.86. The van der Waals surface area contributed by atoms with Crippen molar-refractivity contribution < 1.29 is 9.53 Å². The fraction of sp³-hybridized carbons (Fsp3) is 0.500. The molecule has 1 aromatic carbocycles. The van der Waals surface area contributed by atoms with Crippen molar-refractivity contribution in [3.63, 3.8) is 0 Å². The van der Waals surface area contributed by atoms with Crippen LogP contribution in [0, 0.1) is 12.3 Å². The van der Waals surface area contributed by atoms with Crippen molar-refractivity contribution in [2.24, 2.45) is 5.41 Å². The van der Waals surface area contributed by atoms with Crippen LogP contribution in [0.2, 0.25) is 0 Å². The molecule has 0 amide bonds. The Morgan fingerprint density at radius 1 is 1.29 bits per heavy atom. The fourth-order valence-electron chi connectivity index (χ4n) is 1.88. The van der Waals surface area contributed by atoms with Gasteiger partial charge < -0.3 is 10.1 Å². The van der Waals surface area contributed by atoms with Crippen molar-refractivity contribution in [1.82, 2.24) is 0 Å². The third-order valence-electron chi connectivity index (χ3n) is 3.72. The molecule has 0 bridgehead atoms. The van der Waals surface area contributed by atoms with E-state index in [1.165, 1.54) is 0 Å². The molecular formula is C14H19NO2. The van der Waals surface area contributed by atoms with Gasteiger partial charge in [-0.15, -0.1) is 0 Å². The highest BCUT2D eigenvalue weighted by molar-refractivity contribution is 5.92. The van der Waals surface area contributed by atoms with Gasteiger partial charge in [0.2, 0.25) is 0 Å². The maximum absolute atomic E-state index is 12.2. The van der Waals surface area contributed by atoms with Crippen molar-refractivity contribution in [2.75, 3.05) is 5.32 Å². The highest BCUT2D eigenvalue weighted by Gasteiger charge is 2.49. The van der Waals surface area contributed by atoms with Crippen LogP contribution in [0.15, 0.2) is 18.2 Å². The number of carbonyl (C=O) groups is 1. The zero-order chi connectivity index (χ0) is 12.8. The van der Waals surface area contributed by atoms with Crippen LogP contribution in [-0.2, 0) is 4.79 Å². The van der Waals surface area contributed by atoms with Gasteiger partial charge in [0.15, 0.2) is 5.75 Å². The minimum atomic E-state index is -0.702. The quantitative estimate of drug-likeness (QED) is 0.552. The summed E-state index contributed by atoms with van der Waals surface area (Å²) in [6.07, 6.45) is 0. The van der Waals surface area contributed by atoms with E-state index in [0.29, 0.717) is 5.75 Å². The third kappa shape index (κ3) is 1.70. The SMILES string of the molecule is Cc1cccc2c1NC(C)(C(C)(C)C)C(=O)O2. The summed E-state index contributed by atoms with van der Waals surface area (Å²) in [6, 6.07) is 5.71. The van der Waals surface area contributed by atoms with Crippen LogP contribution >= 0.6 is 0 Å². The van der Waals surface area contributed by atoms with Crippen LogP contribution in [0.25, 0.3) is 0 Å². The van der Waals surface area contributed by atoms with Gasteiger partial charge in [-0.25, -0.2) is 4.79 Å². The summed E-state index contributed by atoms with van der Waals surface area (Å²) in [4.78, 5) is 12.2. The van der Waals surface area contributed by atoms with Gasteiger partial charge in [-0.05, 0) is 30.9 Å². The molecule has 0 radical (unpaired) electrons. The molecule has 1 aromatic rings. The van der Waals surface area contributed by atoms with E-state index in [1.807, 2.05) is 52.8 Å². The molecule has 1 heterocycles. The number of hydrogen-bond acceptors (Lipinski definition) is 3. The number of para-hydroxylation sites is 1. The van der Waals surface area contributed by atoms with Gasteiger partial charge in [0.05, 0.1) is 5.69 Å². The maximum Gasteiger partial charge on any atom is 0.337 e. The molecule has 0 aliphatic carbocycles. The Labute approximate surface area is 102 Å². The fourth-order valence-corrected chi connectivity index (χ4v) is 1.88. The first-order chi connectivity index (χ1) is 7.75.